The van der Waals surface area contributed by atoms with Crippen LogP contribution in [0.3, 0.4) is 0 Å². The highest BCUT2D eigenvalue weighted by Crippen LogP contribution is 2.20. The van der Waals surface area contributed by atoms with Crippen molar-refractivity contribution in [2.75, 3.05) is 39.3 Å². The van der Waals surface area contributed by atoms with Gasteiger partial charge in [0.15, 0.2) is 0 Å². The minimum Gasteiger partial charge on any atom is -0.329 e. The molecule has 1 saturated heterocycles. The molecule has 2 N–H and O–H groups in total. The smallest absolute Gasteiger partial charge is 0.0538 e. The number of nitrogens with two attached hydrogens (primary N) is 1. The van der Waals surface area contributed by atoms with E-state index in [-0.39, 0.29) is 0 Å². The molecule has 1 aromatic heterocycles. The molecular formula is C13H25N5. The molecule has 0 radical (unpaired) electrons. The third kappa shape index (κ3) is 2.91. The first-order chi connectivity index (χ1) is 8.78. The van der Waals surface area contributed by atoms with Gasteiger partial charge < -0.3 is 10.6 Å². The molecule has 18 heavy (non-hydrogen) atoms. The number of hydrogen-bond donors (Lipinski definition) is 1. The lowest BCUT2D eigenvalue weighted by atomic mass is 10.1. The van der Waals surface area contributed by atoms with E-state index in [1.54, 1.807) is 0 Å². The Morgan fingerprint density at radius 1 is 1.22 bits per heavy atom. The largest absolute Gasteiger partial charge is 0.329 e. The Hall–Kier alpha value is -0.910. The first-order valence-corrected chi connectivity index (χ1v) is 6.97. The maximum atomic E-state index is 5.96. The van der Waals surface area contributed by atoms with Crippen LogP contribution in [0.15, 0.2) is 12.4 Å². The summed E-state index contributed by atoms with van der Waals surface area (Å²) >= 11 is 0. The maximum Gasteiger partial charge on any atom is 0.0538 e. The number of aryl methyl sites for hydroxylation is 1. The van der Waals surface area contributed by atoms with E-state index in [9.17, 15) is 0 Å². The lowest BCUT2D eigenvalue weighted by Gasteiger charge is -2.38. The molecule has 1 unspecified atom stereocenters. The average Bonchev–Trinajstić information content (AvgIpc) is 2.89. The van der Waals surface area contributed by atoms with E-state index in [1.165, 1.54) is 5.56 Å². The summed E-state index contributed by atoms with van der Waals surface area (Å²) in [6.45, 7) is 11.6. The van der Waals surface area contributed by atoms with Crippen molar-refractivity contribution in [1.82, 2.24) is 19.6 Å². The van der Waals surface area contributed by atoms with Gasteiger partial charge in [0, 0.05) is 51.0 Å². The van der Waals surface area contributed by atoms with Gasteiger partial charge in [0.2, 0.25) is 0 Å². The predicted octanol–water partition coefficient (Wildman–Crippen LogP) is 0.540. The second-order valence-corrected chi connectivity index (χ2v) is 4.85. The summed E-state index contributed by atoms with van der Waals surface area (Å²) in [5.41, 5.74) is 7.22. The normalized spacial score (nSPS) is 20.2. The van der Waals surface area contributed by atoms with Gasteiger partial charge >= 0.3 is 0 Å². The molecule has 1 aliphatic heterocycles. The van der Waals surface area contributed by atoms with Crippen LogP contribution < -0.4 is 5.73 Å². The predicted molar refractivity (Wildman–Crippen MR) is 73.4 cm³/mol. The Bertz CT molecular complexity index is 354. The Balaban J connectivity index is 2.00. The molecule has 2 rings (SSSR count). The summed E-state index contributed by atoms with van der Waals surface area (Å²) in [6, 6.07) is 0.323. The van der Waals surface area contributed by atoms with Crippen LogP contribution in [0.1, 0.15) is 25.5 Å². The van der Waals surface area contributed by atoms with Crippen molar-refractivity contribution in [3.63, 3.8) is 0 Å². The highest BCUT2D eigenvalue weighted by atomic mass is 15.3. The maximum absolute atomic E-state index is 5.96. The quantitative estimate of drug-likeness (QED) is 0.830. The summed E-state index contributed by atoms with van der Waals surface area (Å²) in [4.78, 5) is 4.97. The Kier molecular flexibility index (Phi) is 4.74. The van der Waals surface area contributed by atoms with Gasteiger partial charge in [-0.25, -0.2) is 0 Å². The summed E-state index contributed by atoms with van der Waals surface area (Å²) < 4.78 is 1.97. The fraction of sp³-hybridized carbons (Fsp3) is 0.769. The SMILES string of the molecule is CCN1CCN(C(CN)c2cnn(CC)c2)CC1. The monoisotopic (exact) mass is 251 g/mol. The number of hydrogen-bond acceptors (Lipinski definition) is 4. The number of rotatable bonds is 5. The van der Waals surface area contributed by atoms with Crippen molar-refractivity contribution < 1.29 is 0 Å². The second kappa shape index (κ2) is 6.31. The van der Waals surface area contributed by atoms with E-state index < -0.39 is 0 Å². The molecule has 0 spiro atoms. The minimum atomic E-state index is 0.323. The van der Waals surface area contributed by atoms with E-state index >= 15 is 0 Å². The molecule has 0 amide bonds. The van der Waals surface area contributed by atoms with Crippen molar-refractivity contribution >= 4 is 0 Å². The van der Waals surface area contributed by atoms with Crippen molar-refractivity contribution in [2.24, 2.45) is 5.73 Å². The molecule has 1 atom stereocenters. The van der Waals surface area contributed by atoms with Crippen LogP contribution in [0, 0.1) is 0 Å². The zero-order chi connectivity index (χ0) is 13.0. The summed E-state index contributed by atoms with van der Waals surface area (Å²) in [7, 11) is 0. The van der Waals surface area contributed by atoms with Crippen molar-refractivity contribution in [3.8, 4) is 0 Å². The van der Waals surface area contributed by atoms with Gasteiger partial charge in [-0.15, -0.1) is 0 Å². The fourth-order valence-electron chi connectivity index (χ4n) is 2.61. The Morgan fingerprint density at radius 3 is 2.44 bits per heavy atom. The van der Waals surface area contributed by atoms with E-state index in [2.05, 4.69) is 34.9 Å². The first kappa shape index (κ1) is 13.5. The van der Waals surface area contributed by atoms with Gasteiger partial charge in [0.1, 0.15) is 0 Å². The molecule has 1 aliphatic rings. The van der Waals surface area contributed by atoms with Crippen LogP contribution >= 0.6 is 0 Å². The molecule has 1 aromatic rings. The van der Waals surface area contributed by atoms with Crippen LogP contribution in [-0.4, -0.2) is 58.8 Å². The second-order valence-electron chi connectivity index (χ2n) is 4.85. The van der Waals surface area contributed by atoms with E-state index in [1.807, 2.05) is 10.9 Å². The molecule has 2 heterocycles. The van der Waals surface area contributed by atoms with Gasteiger partial charge in [-0.1, -0.05) is 6.92 Å². The third-order valence-electron chi connectivity index (χ3n) is 3.88. The number of aromatic nitrogens is 2. The Morgan fingerprint density at radius 2 is 1.94 bits per heavy atom. The van der Waals surface area contributed by atoms with Crippen LogP contribution in [0.4, 0.5) is 0 Å². The minimum absolute atomic E-state index is 0.323. The van der Waals surface area contributed by atoms with E-state index in [0.717, 1.165) is 39.3 Å². The molecule has 0 aromatic carbocycles. The topological polar surface area (TPSA) is 50.3 Å². The van der Waals surface area contributed by atoms with Gasteiger partial charge in [-0.05, 0) is 13.5 Å². The highest BCUT2D eigenvalue weighted by molar-refractivity contribution is 5.11. The Labute approximate surface area is 110 Å². The number of piperazine rings is 1. The lowest BCUT2D eigenvalue weighted by Crippen LogP contribution is -2.48. The molecule has 0 bridgehead atoms. The average molecular weight is 251 g/mol. The van der Waals surface area contributed by atoms with Crippen molar-refractivity contribution in [2.45, 2.75) is 26.4 Å². The van der Waals surface area contributed by atoms with Crippen LogP contribution in [0.5, 0.6) is 0 Å². The molecule has 5 nitrogen and oxygen atoms in total. The van der Waals surface area contributed by atoms with Gasteiger partial charge in [-0.3, -0.25) is 9.58 Å². The molecule has 5 heteroatoms. The highest BCUT2D eigenvalue weighted by Gasteiger charge is 2.24. The summed E-state index contributed by atoms with van der Waals surface area (Å²) in [6.07, 6.45) is 4.09. The molecule has 0 aliphatic carbocycles. The van der Waals surface area contributed by atoms with Crippen molar-refractivity contribution in [1.29, 1.82) is 0 Å². The number of likely N-dealkylation sites (N-methyl/N-ethyl adjacent to an activating group) is 1. The summed E-state index contributed by atoms with van der Waals surface area (Å²) in [5, 5.41) is 4.35. The van der Waals surface area contributed by atoms with Crippen LogP contribution in [0.25, 0.3) is 0 Å². The summed E-state index contributed by atoms with van der Waals surface area (Å²) in [5.74, 6) is 0. The van der Waals surface area contributed by atoms with Gasteiger partial charge in [-0.2, -0.15) is 5.10 Å². The van der Waals surface area contributed by atoms with E-state index in [0.29, 0.717) is 12.6 Å². The molecule has 1 fully saturated rings. The van der Waals surface area contributed by atoms with Crippen LogP contribution in [-0.2, 0) is 6.54 Å². The third-order valence-corrected chi connectivity index (χ3v) is 3.88. The molecular weight excluding hydrogens is 226 g/mol. The molecule has 102 valence electrons. The first-order valence-electron chi connectivity index (χ1n) is 6.97. The molecule has 0 saturated carbocycles. The standard InChI is InChI=1S/C13H25N5/c1-3-16-5-7-17(8-6-16)13(9-14)12-10-15-18(4-2)11-12/h10-11,13H,3-9,14H2,1-2H3. The number of nitrogens with zero attached hydrogens (tertiary/aromatic N) is 4. The van der Waals surface area contributed by atoms with Gasteiger partial charge in [0.05, 0.1) is 12.2 Å². The zero-order valence-electron chi connectivity index (χ0n) is 11.5. The van der Waals surface area contributed by atoms with E-state index in [4.69, 9.17) is 5.73 Å². The zero-order valence-corrected chi connectivity index (χ0v) is 11.5. The van der Waals surface area contributed by atoms with Gasteiger partial charge in [0.25, 0.3) is 0 Å². The van der Waals surface area contributed by atoms with Crippen LogP contribution in [0.2, 0.25) is 0 Å². The van der Waals surface area contributed by atoms with Crippen molar-refractivity contribution in [3.05, 3.63) is 18.0 Å². The fourth-order valence-corrected chi connectivity index (χ4v) is 2.61. The lowest BCUT2D eigenvalue weighted by molar-refractivity contribution is 0.102.